The van der Waals surface area contributed by atoms with E-state index in [1.54, 1.807) is 18.2 Å². The molecule has 1 atom stereocenters. The Hall–Kier alpha value is -0.830. The molecule has 2 rings (SSSR count). The first kappa shape index (κ1) is 7.80. The summed E-state index contributed by atoms with van der Waals surface area (Å²) in [5, 5.41) is 9.39. The molecule has 0 aromatic heterocycles. The molecule has 1 aliphatic rings. The predicted molar refractivity (Wildman–Crippen MR) is 48.9 cm³/mol. The van der Waals surface area contributed by atoms with Crippen molar-refractivity contribution >= 4 is 21.7 Å². The summed E-state index contributed by atoms with van der Waals surface area (Å²) in [5.41, 5.74) is 1.42. The van der Waals surface area contributed by atoms with Gasteiger partial charge in [0.25, 0.3) is 0 Å². The van der Waals surface area contributed by atoms with Gasteiger partial charge in [-0.1, -0.05) is 28.1 Å². The van der Waals surface area contributed by atoms with Crippen molar-refractivity contribution in [2.24, 2.45) is 0 Å². The molecule has 0 amide bonds. The van der Waals surface area contributed by atoms with Crippen LogP contribution in [-0.2, 0) is 6.42 Å². The Balaban J connectivity index is 2.61. The second kappa shape index (κ2) is 2.59. The second-order valence-corrected chi connectivity index (χ2v) is 3.94. The molecule has 1 aliphatic carbocycles. The first-order valence-electron chi connectivity index (χ1n) is 3.69. The molecule has 1 N–H and O–H groups in total. The van der Waals surface area contributed by atoms with E-state index in [-0.39, 0.29) is 16.4 Å². The van der Waals surface area contributed by atoms with E-state index in [0.29, 0.717) is 12.0 Å². The van der Waals surface area contributed by atoms with Gasteiger partial charge in [0.1, 0.15) is 5.75 Å². The number of benzene rings is 1. The van der Waals surface area contributed by atoms with Gasteiger partial charge in [0, 0.05) is 11.1 Å². The van der Waals surface area contributed by atoms with Crippen molar-refractivity contribution in [1.82, 2.24) is 0 Å². The van der Waals surface area contributed by atoms with Gasteiger partial charge in [0.2, 0.25) is 0 Å². The van der Waals surface area contributed by atoms with E-state index in [1.807, 2.05) is 0 Å². The Kier molecular flexibility index (Phi) is 1.68. The Labute approximate surface area is 78.3 Å². The molecule has 0 saturated carbocycles. The summed E-state index contributed by atoms with van der Waals surface area (Å²) in [6.07, 6.45) is 0.598. The molecule has 0 fully saturated rings. The summed E-state index contributed by atoms with van der Waals surface area (Å²) < 4.78 is 0. The molecule has 3 heteroatoms. The van der Waals surface area contributed by atoms with Gasteiger partial charge < -0.3 is 5.11 Å². The van der Waals surface area contributed by atoms with Gasteiger partial charge in [0.05, 0.1) is 4.83 Å². The largest absolute Gasteiger partial charge is 0.508 e. The SMILES string of the molecule is O=C1c2cccc(O)c2CC1Br. The summed E-state index contributed by atoms with van der Waals surface area (Å²) in [4.78, 5) is 11.2. The minimum Gasteiger partial charge on any atom is -0.508 e. The highest BCUT2D eigenvalue weighted by atomic mass is 79.9. The van der Waals surface area contributed by atoms with Crippen LogP contribution in [-0.4, -0.2) is 15.7 Å². The molecule has 0 bridgehead atoms. The molecular formula is C9H7BrO2. The van der Waals surface area contributed by atoms with Crippen LogP contribution in [0.25, 0.3) is 0 Å². The van der Waals surface area contributed by atoms with Crippen LogP contribution < -0.4 is 0 Å². The standard InChI is InChI=1S/C9H7BrO2/c10-7-4-6-5(9(7)12)2-1-3-8(6)11/h1-3,7,11H,4H2. The number of phenolic OH excluding ortho intramolecular Hbond substituents is 1. The lowest BCUT2D eigenvalue weighted by Crippen LogP contribution is -2.05. The number of aromatic hydroxyl groups is 1. The number of hydrogen-bond donors (Lipinski definition) is 1. The molecule has 0 heterocycles. The maximum atomic E-state index is 11.4. The van der Waals surface area contributed by atoms with E-state index in [0.717, 1.165) is 5.56 Å². The molecule has 12 heavy (non-hydrogen) atoms. The van der Waals surface area contributed by atoms with Crippen LogP contribution in [0, 0.1) is 0 Å². The lowest BCUT2D eigenvalue weighted by atomic mass is 10.1. The molecular weight excluding hydrogens is 220 g/mol. The number of phenols is 1. The lowest BCUT2D eigenvalue weighted by molar-refractivity contribution is 0.100. The number of carbonyl (C=O) groups excluding carboxylic acids is 1. The zero-order chi connectivity index (χ0) is 8.72. The molecule has 0 saturated heterocycles. The van der Waals surface area contributed by atoms with E-state index in [9.17, 15) is 9.90 Å². The Morgan fingerprint density at radius 1 is 1.50 bits per heavy atom. The minimum absolute atomic E-state index is 0.0703. The van der Waals surface area contributed by atoms with Crippen molar-refractivity contribution in [1.29, 1.82) is 0 Å². The first-order valence-corrected chi connectivity index (χ1v) is 4.61. The highest BCUT2D eigenvalue weighted by Gasteiger charge is 2.29. The smallest absolute Gasteiger partial charge is 0.177 e. The van der Waals surface area contributed by atoms with Crippen molar-refractivity contribution < 1.29 is 9.90 Å². The average Bonchev–Trinajstić information content (AvgIpc) is 2.32. The Morgan fingerprint density at radius 3 is 2.92 bits per heavy atom. The van der Waals surface area contributed by atoms with Crippen molar-refractivity contribution in [3.8, 4) is 5.75 Å². The van der Waals surface area contributed by atoms with Gasteiger partial charge in [-0.15, -0.1) is 0 Å². The Bertz CT molecular complexity index is 346. The van der Waals surface area contributed by atoms with E-state index in [4.69, 9.17) is 0 Å². The van der Waals surface area contributed by atoms with Gasteiger partial charge in [-0.25, -0.2) is 0 Å². The third-order valence-electron chi connectivity index (χ3n) is 2.08. The molecule has 1 aromatic rings. The number of hydrogen-bond acceptors (Lipinski definition) is 2. The highest BCUT2D eigenvalue weighted by Crippen LogP contribution is 2.32. The third-order valence-corrected chi connectivity index (χ3v) is 2.82. The van der Waals surface area contributed by atoms with Crippen LogP contribution in [0.5, 0.6) is 5.75 Å². The highest BCUT2D eigenvalue weighted by molar-refractivity contribution is 9.10. The normalized spacial score (nSPS) is 21.1. The lowest BCUT2D eigenvalue weighted by Gasteiger charge is -1.98. The van der Waals surface area contributed by atoms with E-state index < -0.39 is 0 Å². The fraction of sp³-hybridized carbons (Fsp3) is 0.222. The van der Waals surface area contributed by atoms with Crippen LogP contribution >= 0.6 is 15.9 Å². The summed E-state index contributed by atoms with van der Waals surface area (Å²) in [6, 6.07) is 5.05. The fourth-order valence-electron chi connectivity index (χ4n) is 1.46. The zero-order valence-electron chi connectivity index (χ0n) is 6.25. The molecule has 0 radical (unpaired) electrons. The van der Waals surface area contributed by atoms with E-state index in [1.165, 1.54) is 0 Å². The topological polar surface area (TPSA) is 37.3 Å². The summed E-state index contributed by atoms with van der Waals surface area (Å²) in [7, 11) is 0. The van der Waals surface area contributed by atoms with Crippen LogP contribution in [0.3, 0.4) is 0 Å². The van der Waals surface area contributed by atoms with Crippen LogP contribution in [0.2, 0.25) is 0 Å². The van der Waals surface area contributed by atoms with Gasteiger partial charge in [-0.2, -0.15) is 0 Å². The average molecular weight is 227 g/mol. The number of fused-ring (bicyclic) bond motifs is 1. The van der Waals surface area contributed by atoms with Gasteiger partial charge in [-0.05, 0) is 12.5 Å². The molecule has 1 unspecified atom stereocenters. The predicted octanol–water partition coefficient (Wildman–Crippen LogP) is 1.89. The van der Waals surface area contributed by atoms with Crippen molar-refractivity contribution in [2.45, 2.75) is 11.2 Å². The summed E-state index contributed by atoms with van der Waals surface area (Å²) in [5.74, 6) is 0.295. The molecule has 62 valence electrons. The van der Waals surface area contributed by atoms with E-state index in [2.05, 4.69) is 15.9 Å². The molecule has 1 aromatic carbocycles. The Morgan fingerprint density at radius 2 is 2.25 bits per heavy atom. The van der Waals surface area contributed by atoms with Crippen LogP contribution in [0.1, 0.15) is 15.9 Å². The number of carbonyl (C=O) groups is 1. The number of alkyl halides is 1. The quantitative estimate of drug-likeness (QED) is 0.687. The molecule has 0 spiro atoms. The van der Waals surface area contributed by atoms with Gasteiger partial charge >= 0.3 is 0 Å². The number of ketones is 1. The maximum absolute atomic E-state index is 11.4. The fourth-order valence-corrected chi connectivity index (χ4v) is 2.03. The second-order valence-electron chi connectivity index (χ2n) is 2.84. The van der Waals surface area contributed by atoms with Gasteiger partial charge in [0.15, 0.2) is 5.78 Å². The monoisotopic (exact) mass is 226 g/mol. The zero-order valence-corrected chi connectivity index (χ0v) is 7.84. The summed E-state index contributed by atoms with van der Waals surface area (Å²) >= 11 is 3.26. The van der Waals surface area contributed by atoms with Crippen molar-refractivity contribution in [3.05, 3.63) is 29.3 Å². The maximum Gasteiger partial charge on any atom is 0.177 e. The first-order chi connectivity index (χ1) is 5.70. The van der Waals surface area contributed by atoms with Crippen LogP contribution in [0.4, 0.5) is 0 Å². The number of Topliss-reactive ketones (excluding diaryl/α,β-unsaturated/α-hetero) is 1. The van der Waals surface area contributed by atoms with Crippen molar-refractivity contribution in [2.75, 3.05) is 0 Å². The van der Waals surface area contributed by atoms with E-state index >= 15 is 0 Å². The minimum atomic E-state index is -0.152. The number of halogens is 1. The number of rotatable bonds is 0. The third kappa shape index (κ3) is 0.966. The molecule has 2 nitrogen and oxygen atoms in total. The molecule has 0 aliphatic heterocycles. The van der Waals surface area contributed by atoms with Crippen molar-refractivity contribution in [3.63, 3.8) is 0 Å². The summed E-state index contributed by atoms with van der Waals surface area (Å²) in [6.45, 7) is 0. The van der Waals surface area contributed by atoms with Gasteiger partial charge in [-0.3, -0.25) is 4.79 Å². The van der Waals surface area contributed by atoms with Crippen LogP contribution in [0.15, 0.2) is 18.2 Å².